The first-order valence-corrected chi connectivity index (χ1v) is 8.62. The third-order valence-electron chi connectivity index (χ3n) is 3.92. The zero-order chi connectivity index (χ0) is 19.2. The molecule has 134 valence electrons. The number of fused-ring (bicyclic) bond motifs is 1. The van der Waals surface area contributed by atoms with Crippen molar-refractivity contribution in [1.29, 1.82) is 0 Å². The average molecular weight is 375 g/mol. The van der Waals surface area contributed by atoms with Gasteiger partial charge in [-0.15, -0.1) is 0 Å². The minimum atomic E-state index is -0.580. The van der Waals surface area contributed by atoms with Crippen molar-refractivity contribution >= 4 is 51.7 Å². The predicted octanol–water partition coefficient (Wildman–Crippen LogP) is 3.47. The van der Waals surface area contributed by atoms with Crippen LogP contribution in [0.5, 0.6) is 0 Å². The van der Waals surface area contributed by atoms with Crippen molar-refractivity contribution in [3.05, 3.63) is 83.9 Å². The Labute approximate surface area is 161 Å². The topological polar surface area (TPSA) is 84.2 Å². The van der Waals surface area contributed by atoms with Crippen molar-refractivity contribution in [1.82, 2.24) is 5.32 Å². The van der Waals surface area contributed by atoms with Gasteiger partial charge in [-0.3, -0.25) is 14.9 Å². The lowest BCUT2D eigenvalue weighted by atomic mass is 10.0. The molecule has 0 unspecified atom stereocenters. The molecule has 0 saturated carbocycles. The average Bonchev–Trinajstić information content (AvgIpc) is 2.66. The molecule has 0 aromatic heterocycles. The maximum Gasteiger partial charge on any atom is 0.250 e. The second-order valence-corrected chi connectivity index (χ2v) is 6.16. The molecule has 0 heterocycles. The van der Waals surface area contributed by atoms with Crippen LogP contribution < -0.4 is 16.4 Å². The van der Waals surface area contributed by atoms with Gasteiger partial charge in [-0.25, -0.2) is 0 Å². The van der Waals surface area contributed by atoms with Crippen LogP contribution in [-0.2, 0) is 4.79 Å². The van der Waals surface area contributed by atoms with E-state index in [9.17, 15) is 9.59 Å². The van der Waals surface area contributed by atoms with Crippen molar-refractivity contribution in [2.75, 3.05) is 5.32 Å². The molecule has 0 atom stereocenters. The van der Waals surface area contributed by atoms with Gasteiger partial charge in [-0.2, -0.15) is 0 Å². The molecule has 5 nitrogen and oxygen atoms in total. The Morgan fingerprint density at radius 3 is 2.44 bits per heavy atom. The van der Waals surface area contributed by atoms with E-state index in [1.54, 1.807) is 30.3 Å². The summed E-state index contributed by atoms with van der Waals surface area (Å²) >= 11 is 5.14. The maximum absolute atomic E-state index is 12.2. The lowest BCUT2D eigenvalue weighted by molar-refractivity contribution is -0.115. The Balaban J connectivity index is 1.68. The molecule has 27 heavy (non-hydrogen) atoms. The largest absolute Gasteiger partial charge is 0.366 e. The summed E-state index contributed by atoms with van der Waals surface area (Å²) in [5, 5.41) is 7.60. The number of thiocarbonyl (C=S) groups is 1. The summed E-state index contributed by atoms with van der Waals surface area (Å²) in [6.45, 7) is 0. The molecule has 0 radical (unpaired) electrons. The lowest BCUT2D eigenvalue weighted by Crippen LogP contribution is -2.33. The Hall–Kier alpha value is -3.51. The molecule has 6 heteroatoms. The molecule has 0 aliphatic heterocycles. The van der Waals surface area contributed by atoms with E-state index >= 15 is 0 Å². The first-order chi connectivity index (χ1) is 13.0. The van der Waals surface area contributed by atoms with E-state index in [4.69, 9.17) is 18.0 Å². The van der Waals surface area contributed by atoms with Crippen LogP contribution in [0.1, 0.15) is 15.9 Å². The summed E-state index contributed by atoms with van der Waals surface area (Å²) in [7, 11) is 0. The van der Waals surface area contributed by atoms with E-state index in [1.165, 1.54) is 6.08 Å². The molecule has 2 amide bonds. The van der Waals surface area contributed by atoms with E-state index in [0.29, 0.717) is 11.3 Å². The van der Waals surface area contributed by atoms with Crippen LogP contribution in [0.15, 0.2) is 72.8 Å². The minimum absolute atomic E-state index is 0.0799. The van der Waals surface area contributed by atoms with Crippen molar-refractivity contribution in [2.45, 2.75) is 0 Å². The maximum atomic E-state index is 12.2. The zero-order valence-electron chi connectivity index (χ0n) is 14.3. The van der Waals surface area contributed by atoms with E-state index in [0.717, 1.165) is 16.3 Å². The van der Waals surface area contributed by atoms with E-state index in [2.05, 4.69) is 10.6 Å². The fourth-order valence-electron chi connectivity index (χ4n) is 2.68. The summed E-state index contributed by atoms with van der Waals surface area (Å²) < 4.78 is 0. The quantitative estimate of drug-likeness (QED) is 0.482. The molecule has 0 fully saturated rings. The van der Waals surface area contributed by atoms with Gasteiger partial charge in [0.05, 0.1) is 11.3 Å². The number of primary amides is 1. The second-order valence-electron chi connectivity index (χ2n) is 5.75. The molecule has 0 bridgehead atoms. The van der Waals surface area contributed by atoms with Crippen LogP contribution in [0, 0.1) is 0 Å². The van der Waals surface area contributed by atoms with Crippen LogP contribution in [0.4, 0.5) is 5.69 Å². The molecule has 4 N–H and O–H groups in total. The number of carbonyl (C=O) groups excluding carboxylic acids is 2. The Morgan fingerprint density at radius 2 is 1.63 bits per heavy atom. The van der Waals surface area contributed by atoms with Crippen molar-refractivity contribution in [2.24, 2.45) is 5.73 Å². The van der Waals surface area contributed by atoms with E-state index in [-0.39, 0.29) is 11.0 Å². The van der Waals surface area contributed by atoms with Gasteiger partial charge < -0.3 is 11.1 Å². The minimum Gasteiger partial charge on any atom is -0.366 e. The summed E-state index contributed by atoms with van der Waals surface area (Å²) in [4.78, 5) is 23.6. The van der Waals surface area contributed by atoms with Gasteiger partial charge in [0.1, 0.15) is 0 Å². The monoisotopic (exact) mass is 375 g/mol. The highest BCUT2D eigenvalue weighted by molar-refractivity contribution is 7.80. The number of nitrogens with two attached hydrogens (primary N) is 1. The van der Waals surface area contributed by atoms with E-state index < -0.39 is 5.91 Å². The number of hydrogen-bond acceptors (Lipinski definition) is 3. The van der Waals surface area contributed by atoms with Crippen molar-refractivity contribution < 1.29 is 9.59 Å². The number of hydrogen-bond donors (Lipinski definition) is 3. The number of anilines is 1. The molecular formula is C21H17N3O2S. The number of amides is 2. The Morgan fingerprint density at radius 1 is 0.926 bits per heavy atom. The lowest BCUT2D eigenvalue weighted by Gasteiger charge is -2.10. The van der Waals surface area contributed by atoms with Crippen LogP contribution in [-0.4, -0.2) is 16.9 Å². The van der Waals surface area contributed by atoms with Gasteiger partial charge in [0, 0.05) is 6.08 Å². The molecular weight excluding hydrogens is 358 g/mol. The number of nitrogens with one attached hydrogen (secondary N) is 2. The second kappa shape index (κ2) is 8.25. The fourth-order valence-corrected chi connectivity index (χ4v) is 2.89. The van der Waals surface area contributed by atoms with E-state index in [1.807, 2.05) is 42.5 Å². The van der Waals surface area contributed by atoms with Crippen LogP contribution >= 0.6 is 12.2 Å². The first kappa shape index (κ1) is 18.3. The normalized spacial score (nSPS) is 10.7. The third kappa shape index (κ3) is 4.56. The van der Waals surface area contributed by atoms with Crippen molar-refractivity contribution in [3.8, 4) is 0 Å². The smallest absolute Gasteiger partial charge is 0.250 e. The Bertz CT molecular complexity index is 1050. The fraction of sp³-hybridized carbons (Fsp3) is 0. The third-order valence-corrected chi connectivity index (χ3v) is 4.12. The van der Waals surface area contributed by atoms with Gasteiger partial charge >= 0.3 is 0 Å². The van der Waals surface area contributed by atoms with Crippen LogP contribution in [0.3, 0.4) is 0 Å². The van der Waals surface area contributed by atoms with Gasteiger partial charge in [0.15, 0.2) is 5.11 Å². The highest BCUT2D eigenvalue weighted by Crippen LogP contribution is 2.19. The zero-order valence-corrected chi connectivity index (χ0v) is 15.1. The number of para-hydroxylation sites is 1. The Kier molecular flexibility index (Phi) is 5.58. The van der Waals surface area contributed by atoms with Gasteiger partial charge in [0.2, 0.25) is 5.91 Å². The van der Waals surface area contributed by atoms with Gasteiger partial charge in [-0.1, -0.05) is 54.6 Å². The molecule has 3 rings (SSSR count). The van der Waals surface area contributed by atoms with Crippen LogP contribution in [0.25, 0.3) is 16.8 Å². The molecule has 3 aromatic carbocycles. The summed E-state index contributed by atoms with van der Waals surface area (Å²) in [6.07, 6.45) is 3.15. The molecule has 0 aliphatic rings. The highest BCUT2D eigenvalue weighted by atomic mass is 32.1. The predicted molar refractivity (Wildman–Crippen MR) is 112 cm³/mol. The molecule has 0 spiro atoms. The number of benzene rings is 3. The number of rotatable bonds is 4. The summed E-state index contributed by atoms with van der Waals surface area (Å²) in [5.74, 6) is -0.958. The van der Waals surface area contributed by atoms with Gasteiger partial charge in [0.25, 0.3) is 5.91 Å². The SMILES string of the molecule is NC(=O)c1ccccc1NC(=S)NC(=O)C=Cc1cccc2ccccc12. The van der Waals surface area contributed by atoms with Crippen molar-refractivity contribution in [3.63, 3.8) is 0 Å². The van der Waals surface area contributed by atoms with Gasteiger partial charge in [-0.05, 0) is 46.8 Å². The summed E-state index contributed by atoms with van der Waals surface area (Å²) in [5.41, 5.74) is 6.99. The number of carbonyl (C=O) groups is 2. The molecule has 0 saturated heterocycles. The summed E-state index contributed by atoms with van der Waals surface area (Å²) in [6, 6.07) is 20.5. The standard InChI is InChI=1S/C21H17N3O2S/c22-20(26)17-10-3-4-11-18(17)23-21(27)24-19(25)13-12-15-8-5-7-14-6-1-2-9-16(14)15/h1-13H,(H2,22,26)(H2,23,24,25,27). The first-order valence-electron chi connectivity index (χ1n) is 8.21. The molecule has 0 aliphatic carbocycles. The molecule has 3 aromatic rings. The van der Waals surface area contributed by atoms with Crippen LogP contribution in [0.2, 0.25) is 0 Å². The highest BCUT2D eigenvalue weighted by Gasteiger charge is 2.09.